The van der Waals surface area contributed by atoms with Crippen molar-refractivity contribution in [1.29, 1.82) is 0 Å². The summed E-state index contributed by atoms with van der Waals surface area (Å²) in [4.78, 5) is 24.4. The van der Waals surface area contributed by atoms with Crippen molar-refractivity contribution in [2.45, 2.75) is 44.8 Å². The molecule has 6 nitrogen and oxygen atoms in total. The van der Waals surface area contributed by atoms with Crippen LogP contribution in [0.1, 0.15) is 43.0 Å². The predicted octanol–water partition coefficient (Wildman–Crippen LogP) is 1.69. The fourth-order valence-corrected chi connectivity index (χ4v) is 2.67. The Hall–Kier alpha value is -2.08. The summed E-state index contributed by atoms with van der Waals surface area (Å²) in [7, 11) is 0. The topological polar surface area (TPSA) is 87.7 Å². The molecule has 0 aliphatic heterocycles. The number of hydrogen-bond donors (Lipinski definition) is 3. The quantitative estimate of drug-likeness (QED) is 0.666. The van der Waals surface area contributed by atoms with Gasteiger partial charge in [0.2, 0.25) is 0 Å². The van der Waals surface area contributed by atoms with E-state index in [1.165, 1.54) is 0 Å². The number of benzene rings is 1. The first kappa shape index (κ1) is 17.3. The Morgan fingerprint density at radius 1 is 1.30 bits per heavy atom. The lowest BCUT2D eigenvalue weighted by atomic mass is 10.1. The maximum Gasteiger partial charge on any atom is 0.341 e. The molecule has 6 heteroatoms. The van der Waals surface area contributed by atoms with Crippen LogP contribution in [-0.4, -0.2) is 42.3 Å². The van der Waals surface area contributed by atoms with Crippen LogP contribution in [0.2, 0.25) is 0 Å². The summed E-state index contributed by atoms with van der Waals surface area (Å²) in [5.41, 5.74) is 0.927. The summed E-state index contributed by atoms with van der Waals surface area (Å²) >= 11 is 0. The van der Waals surface area contributed by atoms with E-state index < -0.39 is 12.1 Å². The van der Waals surface area contributed by atoms with Crippen molar-refractivity contribution in [3.8, 4) is 0 Å². The number of esters is 1. The Balaban J connectivity index is 1.93. The summed E-state index contributed by atoms with van der Waals surface area (Å²) in [6, 6.07) is 7.07. The van der Waals surface area contributed by atoms with Crippen molar-refractivity contribution in [2.75, 3.05) is 18.5 Å². The van der Waals surface area contributed by atoms with Crippen molar-refractivity contribution in [2.24, 2.45) is 0 Å². The van der Waals surface area contributed by atoms with Crippen molar-refractivity contribution in [3.05, 3.63) is 29.8 Å². The van der Waals surface area contributed by atoms with E-state index in [0.29, 0.717) is 17.8 Å². The van der Waals surface area contributed by atoms with Gasteiger partial charge in [0.1, 0.15) is 0 Å². The van der Waals surface area contributed by atoms with E-state index >= 15 is 0 Å². The van der Waals surface area contributed by atoms with Gasteiger partial charge in [-0.1, -0.05) is 25.0 Å². The number of carbonyl (C=O) groups is 2. The van der Waals surface area contributed by atoms with Crippen LogP contribution >= 0.6 is 0 Å². The Morgan fingerprint density at radius 3 is 2.70 bits per heavy atom. The zero-order valence-corrected chi connectivity index (χ0v) is 13.4. The molecule has 2 rings (SSSR count). The molecule has 1 aromatic rings. The maximum absolute atomic E-state index is 12.3. The van der Waals surface area contributed by atoms with Gasteiger partial charge in [-0.15, -0.1) is 0 Å². The Kier molecular flexibility index (Phi) is 6.40. The first-order chi connectivity index (χ1) is 11.1. The number of amides is 1. The van der Waals surface area contributed by atoms with Crippen LogP contribution in [0, 0.1) is 0 Å². The predicted molar refractivity (Wildman–Crippen MR) is 87.3 cm³/mol. The number of nitrogens with one attached hydrogen (secondary N) is 2. The highest BCUT2D eigenvalue weighted by Crippen LogP contribution is 2.19. The second-order valence-electron chi connectivity index (χ2n) is 5.73. The lowest BCUT2D eigenvalue weighted by Crippen LogP contribution is -2.40. The highest BCUT2D eigenvalue weighted by atomic mass is 16.5. The molecule has 126 valence electrons. The standard InChI is InChI=1S/C17H24N2O4/c1-12(16(21)19-13-6-2-3-7-13)23-17(22)14-8-4-5-9-15(14)18-10-11-20/h4-5,8-9,12-13,18,20H,2-3,6-7,10-11H2,1H3,(H,19,21). The second-order valence-corrected chi connectivity index (χ2v) is 5.73. The molecule has 0 radical (unpaired) electrons. The molecule has 1 fully saturated rings. The number of anilines is 1. The average molecular weight is 320 g/mol. The third-order valence-electron chi connectivity index (χ3n) is 3.93. The van der Waals surface area contributed by atoms with Gasteiger partial charge in [-0.25, -0.2) is 4.79 Å². The van der Waals surface area contributed by atoms with E-state index in [-0.39, 0.29) is 18.6 Å². The van der Waals surface area contributed by atoms with Gasteiger partial charge in [0.25, 0.3) is 5.91 Å². The minimum Gasteiger partial charge on any atom is -0.449 e. The minimum atomic E-state index is -0.839. The van der Waals surface area contributed by atoms with Crippen molar-refractivity contribution in [1.82, 2.24) is 5.32 Å². The van der Waals surface area contributed by atoms with Gasteiger partial charge in [-0.3, -0.25) is 4.79 Å². The molecule has 1 saturated carbocycles. The summed E-state index contributed by atoms with van der Waals surface area (Å²) < 4.78 is 5.28. The van der Waals surface area contributed by atoms with E-state index in [9.17, 15) is 9.59 Å². The van der Waals surface area contributed by atoms with Crippen LogP contribution in [0.3, 0.4) is 0 Å². The summed E-state index contributed by atoms with van der Waals surface area (Å²) in [6.45, 7) is 1.87. The zero-order chi connectivity index (χ0) is 16.7. The van der Waals surface area contributed by atoms with E-state index in [1.807, 2.05) is 0 Å². The minimum absolute atomic E-state index is 0.0381. The molecule has 3 N–H and O–H groups in total. The van der Waals surface area contributed by atoms with Gasteiger partial charge in [0.05, 0.1) is 12.2 Å². The van der Waals surface area contributed by atoms with Gasteiger partial charge >= 0.3 is 5.97 Å². The van der Waals surface area contributed by atoms with Crippen LogP contribution in [0.15, 0.2) is 24.3 Å². The highest BCUT2D eigenvalue weighted by Gasteiger charge is 2.24. The summed E-state index contributed by atoms with van der Waals surface area (Å²) in [5.74, 6) is -0.814. The lowest BCUT2D eigenvalue weighted by Gasteiger charge is -2.18. The smallest absolute Gasteiger partial charge is 0.341 e. The van der Waals surface area contributed by atoms with Crippen LogP contribution < -0.4 is 10.6 Å². The van der Waals surface area contributed by atoms with Crippen LogP contribution in [0.5, 0.6) is 0 Å². The number of para-hydroxylation sites is 1. The monoisotopic (exact) mass is 320 g/mol. The number of rotatable bonds is 7. The molecular weight excluding hydrogens is 296 g/mol. The highest BCUT2D eigenvalue weighted by molar-refractivity contribution is 5.97. The number of hydrogen-bond acceptors (Lipinski definition) is 5. The molecule has 0 bridgehead atoms. The number of ether oxygens (including phenoxy) is 1. The Labute approximate surface area is 136 Å². The molecule has 23 heavy (non-hydrogen) atoms. The molecule has 0 heterocycles. The molecule has 1 atom stereocenters. The van der Waals surface area contributed by atoms with Crippen LogP contribution in [0.4, 0.5) is 5.69 Å². The SMILES string of the molecule is CC(OC(=O)c1ccccc1NCCO)C(=O)NC1CCCC1. The van der Waals surface area contributed by atoms with Crippen LogP contribution in [0.25, 0.3) is 0 Å². The molecule has 0 aromatic heterocycles. The molecular formula is C17H24N2O4. The molecule has 1 aliphatic rings. The first-order valence-corrected chi connectivity index (χ1v) is 8.07. The van der Waals surface area contributed by atoms with Gasteiger partial charge < -0.3 is 20.5 Å². The summed E-state index contributed by atoms with van der Waals surface area (Å²) in [5, 5.41) is 14.8. The molecule has 1 amide bonds. The van der Waals surface area contributed by atoms with Gasteiger partial charge in [0.15, 0.2) is 6.10 Å². The maximum atomic E-state index is 12.3. The average Bonchev–Trinajstić information content (AvgIpc) is 3.06. The third-order valence-corrected chi connectivity index (χ3v) is 3.93. The first-order valence-electron chi connectivity index (χ1n) is 8.07. The van der Waals surface area contributed by atoms with E-state index in [0.717, 1.165) is 25.7 Å². The lowest BCUT2D eigenvalue weighted by molar-refractivity contribution is -0.129. The molecule has 0 saturated heterocycles. The van der Waals surface area contributed by atoms with Crippen molar-refractivity contribution >= 4 is 17.6 Å². The van der Waals surface area contributed by atoms with Gasteiger partial charge in [-0.05, 0) is 31.9 Å². The normalized spacial score (nSPS) is 15.9. The van der Waals surface area contributed by atoms with E-state index in [1.54, 1.807) is 31.2 Å². The number of carbonyl (C=O) groups excluding carboxylic acids is 2. The molecule has 1 aromatic carbocycles. The Bertz CT molecular complexity index is 541. The number of aliphatic hydroxyl groups is 1. The molecule has 1 unspecified atom stereocenters. The number of aliphatic hydroxyl groups excluding tert-OH is 1. The zero-order valence-electron chi connectivity index (χ0n) is 13.4. The van der Waals surface area contributed by atoms with Crippen molar-refractivity contribution in [3.63, 3.8) is 0 Å². The third kappa shape index (κ3) is 4.96. The fourth-order valence-electron chi connectivity index (χ4n) is 2.67. The van der Waals surface area contributed by atoms with Gasteiger partial charge in [0, 0.05) is 18.3 Å². The van der Waals surface area contributed by atoms with Crippen LogP contribution in [-0.2, 0) is 9.53 Å². The van der Waals surface area contributed by atoms with E-state index in [4.69, 9.17) is 9.84 Å². The largest absolute Gasteiger partial charge is 0.449 e. The van der Waals surface area contributed by atoms with E-state index in [2.05, 4.69) is 10.6 Å². The second kappa shape index (κ2) is 8.53. The fraction of sp³-hybridized carbons (Fsp3) is 0.529. The summed E-state index contributed by atoms with van der Waals surface area (Å²) in [6.07, 6.45) is 3.39. The Morgan fingerprint density at radius 2 is 2.00 bits per heavy atom. The molecule has 0 spiro atoms. The molecule has 1 aliphatic carbocycles. The van der Waals surface area contributed by atoms with Crippen molar-refractivity contribution < 1.29 is 19.4 Å². The van der Waals surface area contributed by atoms with Gasteiger partial charge in [-0.2, -0.15) is 0 Å².